The summed E-state index contributed by atoms with van der Waals surface area (Å²) in [6.45, 7) is 5.20. The van der Waals surface area contributed by atoms with Crippen LogP contribution in [0.1, 0.15) is 43.2 Å². The third-order valence-electron chi connectivity index (χ3n) is 5.28. The van der Waals surface area contributed by atoms with E-state index in [0.717, 1.165) is 31.1 Å². The number of piperidine rings is 1. The van der Waals surface area contributed by atoms with Crippen molar-refractivity contribution in [2.45, 2.75) is 51.7 Å². The van der Waals surface area contributed by atoms with Crippen LogP contribution in [-0.4, -0.2) is 29.2 Å². The monoisotopic (exact) mass is 293 g/mol. The Hall–Kier alpha value is -0.570. The second-order valence-electron chi connectivity index (χ2n) is 6.62. The van der Waals surface area contributed by atoms with E-state index in [-0.39, 0.29) is 11.5 Å². The van der Waals surface area contributed by atoms with Crippen molar-refractivity contribution in [1.82, 2.24) is 4.90 Å². The van der Waals surface area contributed by atoms with Gasteiger partial charge in [0.1, 0.15) is 0 Å². The first kappa shape index (κ1) is 14.4. The van der Waals surface area contributed by atoms with Gasteiger partial charge in [-0.2, -0.15) is 0 Å². The number of rotatable bonds is 2. The van der Waals surface area contributed by atoms with Gasteiger partial charge in [-0.1, -0.05) is 30.2 Å². The lowest BCUT2D eigenvalue weighted by molar-refractivity contribution is -0.0120. The van der Waals surface area contributed by atoms with Crippen molar-refractivity contribution in [2.75, 3.05) is 13.1 Å². The average molecular weight is 294 g/mol. The zero-order chi connectivity index (χ0) is 14.2. The summed E-state index contributed by atoms with van der Waals surface area (Å²) in [5, 5.41) is 11.2. The van der Waals surface area contributed by atoms with E-state index in [9.17, 15) is 5.11 Å². The number of aryl methyl sites for hydroxylation is 1. The van der Waals surface area contributed by atoms with E-state index in [4.69, 9.17) is 11.6 Å². The molecule has 3 heteroatoms. The van der Waals surface area contributed by atoms with Crippen LogP contribution in [0.2, 0.25) is 5.02 Å². The summed E-state index contributed by atoms with van der Waals surface area (Å²) >= 11 is 6.35. The molecule has 20 heavy (non-hydrogen) atoms. The van der Waals surface area contributed by atoms with Crippen LogP contribution >= 0.6 is 11.6 Å². The number of likely N-dealkylation sites (tertiary alicyclic amines) is 1. The lowest BCUT2D eigenvalue weighted by Crippen LogP contribution is -2.46. The maximum Gasteiger partial charge on any atom is 0.0608 e. The summed E-state index contributed by atoms with van der Waals surface area (Å²) in [6.07, 6.45) is 5.63. The summed E-state index contributed by atoms with van der Waals surface area (Å²) < 4.78 is 0. The zero-order valence-electron chi connectivity index (χ0n) is 12.2. The number of benzene rings is 1. The molecular formula is C17H24ClNO. The molecule has 1 saturated heterocycles. The van der Waals surface area contributed by atoms with E-state index >= 15 is 0 Å². The molecule has 2 nitrogen and oxygen atoms in total. The van der Waals surface area contributed by atoms with Crippen LogP contribution in [0.4, 0.5) is 0 Å². The van der Waals surface area contributed by atoms with Gasteiger partial charge in [0.2, 0.25) is 0 Å². The summed E-state index contributed by atoms with van der Waals surface area (Å²) in [5.74, 6) is 0. The van der Waals surface area contributed by atoms with Crippen molar-refractivity contribution in [3.63, 3.8) is 0 Å². The van der Waals surface area contributed by atoms with Crippen LogP contribution in [0.15, 0.2) is 18.2 Å². The van der Waals surface area contributed by atoms with E-state index in [1.54, 1.807) is 0 Å². The first-order valence-corrected chi connectivity index (χ1v) is 8.13. The minimum absolute atomic E-state index is 0.0994. The summed E-state index contributed by atoms with van der Waals surface area (Å²) in [4.78, 5) is 2.49. The molecule has 1 heterocycles. The van der Waals surface area contributed by atoms with Crippen molar-refractivity contribution in [1.29, 1.82) is 0 Å². The predicted molar refractivity (Wildman–Crippen MR) is 83.0 cm³/mol. The molecule has 0 bridgehead atoms. The Labute approximate surface area is 126 Å². The van der Waals surface area contributed by atoms with E-state index in [0.29, 0.717) is 0 Å². The third-order valence-corrected chi connectivity index (χ3v) is 5.64. The van der Waals surface area contributed by atoms with Gasteiger partial charge >= 0.3 is 0 Å². The van der Waals surface area contributed by atoms with Crippen molar-refractivity contribution in [3.05, 3.63) is 34.3 Å². The third kappa shape index (κ3) is 2.61. The molecule has 1 N–H and O–H groups in total. The Kier molecular flexibility index (Phi) is 4.07. The van der Waals surface area contributed by atoms with Gasteiger partial charge < -0.3 is 5.11 Å². The van der Waals surface area contributed by atoms with Crippen LogP contribution in [-0.2, 0) is 6.54 Å². The lowest BCUT2D eigenvalue weighted by atomic mass is 9.76. The van der Waals surface area contributed by atoms with Gasteiger partial charge in [-0.05, 0) is 56.3 Å². The second-order valence-corrected chi connectivity index (χ2v) is 7.03. The molecule has 110 valence electrons. The molecular weight excluding hydrogens is 270 g/mol. The molecule has 1 aromatic carbocycles. The van der Waals surface area contributed by atoms with Crippen molar-refractivity contribution in [3.8, 4) is 0 Å². The number of aliphatic hydroxyl groups excluding tert-OH is 1. The Bertz CT molecular complexity index is 470. The van der Waals surface area contributed by atoms with Crippen LogP contribution < -0.4 is 0 Å². The van der Waals surface area contributed by atoms with Gasteiger partial charge in [0, 0.05) is 23.5 Å². The highest BCUT2D eigenvalue weighted by Crippen LogP contribution is 2.45. The van der Waals surface area contributed by atoms with Crippen molar-refractivity contribution < 1.29 is 5.11 Å². The molecule has 1 spiro atoms. The Morgan fingerprint density at radius 2 is 2.15 bits per heavy atom. The van der Waals surface area contributed by atoms with Crippen LogP contribution in [0.5, 0.6) is 0 Å². The summed E-state index contributed by atoms with van der Waals surface area (Å²) in [6, 6.07) is 6.12. The van der Waals surface area contributed by atoms with Gasteiger partial charge in [-0.25, -0.2) is 0 Å². The van der Waals surface area contributed by atoms with Crippen LogP contribution in [0, 0.1) is 12.3 Å². The van der Waals surface area contributed by atoms with Gasteiger partial charge in [0.05, 0.1) is 6.10 Å². The van der Waals surface area contributed by atoms with Gasteiger partial charge in [0.25, 0.3) is 0 Å². The molecule has 1 aromatic rings. The normalized spacial score (nSPS) is 31.1. The molecule has 0 radical (unpaired) electrons. The number of halogens is 1. The number of nitrogens with zero attached hydrogens (tertiary/aromatic N) is 1. The molecule has 1 aliphatic heterocycles. The molecule has 2 atom stereocenters. The second kappa shape index (κ2) is 5.67. The topological polar surface area (TPSA) is 23.5 Å². The van der Waals surface area contributed by atoms with Crippen LogP contribution in [0.25, 0.3) is 0 Å². The minimum atomic E-state index is -0.0994. The first-order valence-electron chi connectivity index (χ1n) is 7.75. The first-order chi connectivity index (χ1) is 9.61. The smallest absolute Gasteiger partial charge is 0.0608 e. The molecule has 1 saturated carbocycles. The standard InChI is InChI=1S/C17H24ClNO/c1-13-5-2-6-15(18)14(13)11-19-10-4-9-17(12-19)8-3-7-16(17)20/h2,5-6,16,20H,3-4,7-12H2,1H3/t16-,17+/m1/s1. The predicted octanol–water partition coefficient (Wildman–Crippen LogP) is 3.78. The fourth-order valence-corrected chi connectivity index (χ4v) is 4.36. The SMILES string of the molecule is Cc1cccc(Cl)c1CN1CCC[C@@]2(CCC[C@H]2O)C1. The van der Waals surface area contributed by atoms with E-state index in [1.807, 2.05) is 12.1 Å². The average Bonchev–Trinajstić information content (AvgIpc) is 2.75. The molecule has 2 aliphatic rings. The van der Waals surface area contributed by atoms with Gasteiger partial charge in [-0.3, -0.25) is 4.90 Å². The highest BCUT2D eigenvalue weighted by atomic mass is 35.5. The Balaban J connectivity index is 1.75. The Morgan fingerprint density at radius 1 is 1.35 bits per heavy atom. The molecule has 2 fully saturated rings. The van der Waals surface area contributed by atoms with Crippen molar-refractivity contribution in [2.24, 2.45) is 5.41 Å². The molecule has 3 rings (SSSR count). The fourth-order valence-electron chi connectivity index (χ4n) is 4.08. The number of hydrogen-bond donors (Lipinski definition) is 1. The largest absolute Gasteiger partial charge is 0.393 e. The molecule has 0 aromatic heterocycles. The van der Waals surface area contributed by atoms with E-state index in [2.05, 4.69) is 17.9 Å². The quantitative estimate of drug-likeness (QED) is 0.897. The van der Waals surface area contributed by atoms with Crippen molar-refractivity contribution >= 4 is 11.6 Å². The van der Waals surface area contributed by atoms with Crippen LogP contribution in [0.3, 0.4) is 0 Å². The Morgan fingerprint density at radius 3 is 2.85 bits per heavy atom. The summed E-state index contributed by atoms with van der Waals surface area (Å²) in [7, 11) is 0. The summed E-state index contributed by atoms with van der Waals surface area (Å²) in [5.41, 5.74) is 2.68. The maximum absolute atomic E-state index is 10.3. The molecule has 0 amide bonds. The molecule has 1 aliphatic carbocycles. The zero-order valence-corrected chi connectivity index (χ0v) is 13.0. The fraction of sp³-hybridized carbons (Fsp3) is 0.647. The van der Waals surface area contributed by atoms with Gasteiger partial charge in [0.15, 0.2) is 0 Å². The number of aliphatic hydroxyl groups is 1. The van der Waals surface area contributed by atoms with Gasteiger partial charge in [-0.15, -0.1) is 0 Å². The van der Waals surface area contributed by atoms with E-state index in [1.165, 1.54) is 36.8 Å². The minimum Gasteiger partial charge on any atom is -0.393 e. The maximum atomic E-state index is 10.3. The van der Waals surface area contributed by atoms with E-state index < -0.39 is 0 Å². The highest BCUT2D eigenvalue weighted by molar-refractivity contribution is 6.31. The lowest BCUT2D eigenvalue weighted by Gasteiger charge is -2.42. The highest BCUT2D eigenvalue weighted by Gasteiger charge is 2.44. The molecule has 0 unspecified atom stereocenters. The number of hydrogen-bond acceptors (Lipinski definition) is 2.